The number of aromatic nitrogens is 3. The summed E-state index contributed by atoms with van der Waals surface area (Å²) < 4.78 is 28.2. The molecule has 1 N–H and O–H groups in total. The Morgan fingerprint density at radius 2 is 1.96 bits per heavy atom. The van der Waals surface area contributed by atoms with Crippen molar-refractivity contribution in [2.24, 2.45) is 0 Å². The van der Waals surface area contributed by atoms with Crippen molar-refractivity contribution in [3.8, 4) is 11.3 Å². The molecule has 7 heteroatoms. The van der Waals surface area contributed by atoms with Crippen molar-refractivity contribution < 1.29 is 13.6 Å². The summed E-state index contributed by atoms with van der Waals surface area (Å²) in [6, 6.07) is 10.4. The van der Waals surface area contributed by atoms with Gasteiger partial charge in [0.2, 0.25) is 0 Å². The van der Waals surface area contributed by atoms with Crippen LogP contribution in [0.4, 0.5) is 14.5 Å². The summed E-state index contributed by atoms with van der Waals surface area (Å²) in [5, 5.41) is 2.77. The highest BCUT2D eigenvalue weighted by Gasteiger charge is 2.10. The van der Waals surface area contributed by atoms with Gasteiger partial charge < -0.3 is 9.72 Å². The zero-order chi connectivity index (χ0) is 18.1. The van der Waals surface area contributed by atoms with Gasteiger partial charge in [0.15, 0.2) is 11.6 Å². The Balaban J connectivity index is 1.63. The summed E-state index contributed by atoms with van der Waals surface area (Å²) in [6.07, 6.45) is 6.50. The van der Waals surface area contributed by atoms with Crippen molar-refractivity contribution in [3.63, 3.8) is 0 Å². The van der Waals surface area contributed by atoms with E-state index in [1.54, 1.807) is 47.3 Å². The number of nitrogens with one attached hydrogen (secondary N) is 1. The predicted octanol–water partition coefficient (Wildman–Crippen LogP) is 3.93. The Labute approximate surface area is 147 Å². The molecular formula is C19H12F2N4O. The fourth-order valence-corrected chi connectivity index (χ4v) is 2.55. The summed E-state index contributed by atoms with van der Waals surface area (Å²) in [4.78, 5) is 20.5. The van der Waals surface area contributed by atoms with Gasteiger partial charge in [0.1, 0.15) is 5.65 Å². The number of carbonyl (C=O) groups excluding carboxylic acids is 1. The maximum absolute atomic E-state index is 13.4. The van der Waals surface area contributed by atoms with Gasteiger partial charge in [0, 0.05) is 42.1 Å². The van der Waals surface area contributed by atoms with Crippen molar-refractivity contribution >= 4 is 17.2 Å². The minimum atomic E-state index is -0.927. The number of anilines is 1. The van der Waals surface area contributed by atoms with Crippen LogP contribution in [-0.4, -0.2) is 20.3 Å². The molecule has 128 valence electrons. The van der Waals surface area contributed by atoms with Crippen molar-refractivity contribution in [2.45, 2.75) is 0 Å². The molecule has 0 aliphatic carbocycles. The van der Waals surface area contributed by atoms with Gasteiger partial charge in [0.05, 0.1) is 11.3 Å². The quantitative estimate of drug-likeness (QED) is 0.609. The van der Waals surface area contributed by atoms with Crippen LogP contribution in [0.25, 0.3) is 16.9 Å². The Kier molecular flexibility index (Phi) is 3.89. The number of carbonyl (C=O) groups is 1. The number of rotatable bonds is 3. The molecule has 5 nitrogen and oxygen atoms in total. The van der Waals surface area contributed by atoms with Crippen LogP contribution in [0.1, 0.15) is 10.4 Å². The highest BCUT2D eigenvalue weighted by molar-refractivity contribution is 6.04. The first-order valence-electron chi connectivity index (χ1n) is 7.76. The molecule has 0 bridgehead atoms. The minimum absolute atomic E-state index is 0.283. The molecule has 1 amide bonds. The molecular weight excluding hydrogens is 338 g/mol. The summed E-state index contributed by atoms with van der Waals surface area (Å²) in [5.74, 6) is -2.11. The van der Waals surface area contributed by atoms with Crippen molar-refractivity contribution in [2.75, 3.05) is 5.32 Å². The van der Waals surface area contributed by atoms with E-state index >= 15 is 0 Å². The Hall–Kier alpha value is -3.61. The number of nitrogens with zero attached hydrogens (tertiary/aromatic N) is 3. The zero-order valence-corrected chi connectivity index (χ0v) is 13.4. The second-order valence-corrected chi connectivity index (χ2v) is 5.63. The van der Waals surface area contributed by atoms with E-state index in [-0.39, 0.29) is 5.91 Å². The van der Waals surface area contributed by atoms with Crippen molar-refractivity contribution in [1.82, 2.24) is 14.4 Å². The third-order valence-corrected chi connectivity index (χ3v) is 3.86. The van der Waals surface area contributed by atoms with Gasteiger partial charge >= 0.3 is 0 Å². The summed E-state index contributed by atoms with van der Waals surface area (Å²) in [6.45, 7) is 0. The Morgan fingerprint density at radius 1 is 1.08 bits per heavy atom. The maximum atomic E-state index is 13.4. The molecule has 0 aliphatic heterocycles. The van der Waals surface area contributed by atoms with Crippen LogP contribution in [0.15, 0.2) is 67.3 Å². The molecule has 0 radical (unpaired) electrons. The van der Waals surface area contributed by atoms with E-state index in [0.29, 0.717) is 28.2 Å². The lowest BCUT2D eigenvalue weighted by molar-refractivity contribution is 0.102. The van der Waals surface area contributed by atoms with Crippen LogP contribution in [0.3, 0.4) is 0 Å². The zero-order valence-electron chi connectivity index (χ0n) is 13.4. The molecule has 0 saturated heterocycles. The van der Waals surface area contributed by atoms with E-state index in [0.717, 1.165) is 12.1 Å². The number of hydrogen-bond acceptors (Lipinski definition) is 3. The summed E-state index contributed by atoms with van der Waals surface area (Å²) in [7, 11) is 0. The molecule has 0 fully saturated rings. The number of halogens is 2. The summed E-state index contributed by atoms with van der Waals surface area (Å²) in [5.41, 5.74) is 2.54. The molecule has 0 saturated carbocycles. The molecule has 4 aromatic rings. The monoisotopic (exact) mass is 350 g/mol. The molecule has 0 spiro atoms. The lowest BCUT2D eigenvalue weighted by Crippen LogP contribution is -2.12. The average molecular weight is 350 g/mol. The Bertz CT molecular complexity index is 1110. The molecule has 3 heterocycles. The highest BCUT2D eigenvalue weighted by Crippen LogP contribution is 2.22. The van der Waals surface area contributed by atoms with Crippen LogP contribution >= 0.6 is 0 Å². The second kappa shape index (κ2) is 6.36. The number of amides is 1. The Morgan fingerprint density at radius 3 is 2.73 bits per heavy atom. The largest absolute Gasteiger partial charge is 0.322 e. The van der Waals surface area contributed by atoms with Gasteiger partial charge in [-0.1, -0.05) is 0 Å². The SMILES string of the molecule is O=C(Nc1ccn2cc(-c3ccc(F)c(F)c3)nc2c1)c1cccnc1. The molecule has 0 atom stereocenters. The first-order chi connectivity index (χ1) is 12.6. The smallest absolute Gasteiger partial charge is 0.257 e. The van der Waals surface area contributed by atoms with Crippen molar-refractivity contribution in [3.05, 3.63) is 84.4 Å². The topological polar surface area (TPSA) is 59.3 Å². The molecule has 3 aromatic heterocycles. The molecule has 0 aliphatic rings. The molecule has 0 unspecified atom stereocenters. The van der Waals surface area contributed by atoms with Gasteiger partial charge in [-0.25, -0.2) is 13.8 Å². The third-order valence-electron chi connectivity index (χ3n) is 3.86. The van der Waals surface area contributed by atoms with Crippen LogP contribution in [0, 0.1) is 11.6 Å². The van der Waals surface area contributed by atoms with Crippen LogP contribution in [0.5, 0.6) is 0 Å². The maximum Gasteiger partial charge on any atom is 0.257 e. The molecule has 4 rings (SSSR count). The summed E-state index contributed by atoms with van der Waals surface area (Å²) >= 11 is 0. The molecule has 1 aromatic carbocycles. The van der Waals surface area contributed by atoms with Crippen LogP contribution < -0.4 is 5.32 Å². The lowest BCUT2D eigenvalue weighted by atomic mass is 10.1. The van der Waals surface area contributed by atoms with Gasteiger partial charge in [-0.15, -0.1) is 0 Å². The van der Waals surface area contributed by atoms with Gasteiger partial charge in [0.25, 0.3) is 5.91 Å². The lowest BCUT2D eigenvalue weighted by Gasteiger charge is -2.05. The number of imidazole rings is 1. The fraction of sp³-hybridized carbons (Fsp3) is 0. The van der Waals surface area contributed by atoms with E-state index in [9.17, 15) is 13.6 Å². The number of benzene rings is 1. The average Bonchev–Trinajstić information content (AvgIpc) is 3.08. The number of hydrogen-bond donors (Lipinski definition) is 1. The first-order valence-corrected chi connectivity index (χ1v) is 7.76. The fourth-order valence-electron chi connectivity index (χ4n) is 2.55. The van der Waals surface area contributed by atoms with Gasteiger partial charge in [-0.05, 0) is 36.4 Å². The van der Waals surface area contributed by atoms with E-state index in [1.165, 1.54) is 12.3 Å². The predicted molar refractivity (Wildman–Crippen MR) is 92.7 cm³/mol. The second-order valence-electron chi connectivity index (χ2n) is 5.63. The standard InChI is InChI=1S/C19H12F2N4O/c20-15-4-3-12(8-16(15)21)17-11-25-7-5-14(9-18(25)24-17)23-19(26)13-2-1-6-22-10-13/h1-11H,(H,23,26). The van der Waals surface area contributed by atoms with E-state index in [2.05, 4.69) is 15.3 Å². The number of pyridine rings is 2. The minimum Gasteiger partial charge on any atom is -0.322 e. The van der Waals surface area contributed by atoms with Crippen LogP contribution in [-0.2, 0) is 0 Å². The van der Waals surface area contributed by atoms with E-state index < -0.39 is 11.6 Å². The normalized spacial score (nSPS) is 10.8. The number of fused-ring (bicyclic) bond motifs is 1. The third kappa shape index (κ3) is 3.02. The highest BCUT2D eigenvalue weighted by atomic mass is 19.2. The van der Waals surface area contributed by atoms with Gasteiger partial charge in [-0.3, -0.25) is 9.78 Å². The van der Waals surface area contributed by atoms with Gasteiger partial charge in [-0.2, -0.15) is 0 Å². The van der Waals surface area contributed by atoms with E-state index in [4.69, 9.17) is 0 Å². The van der Waals surface area contributed by atoms with Crippen molar-refractivity contribution in [1.29, 1.82) is 0 Å². The molecule has 26 heavy (non-hydrogen) atoms. The van der Waals surface area contributed by atoms with E-state index in [1.807, 2.05) is 0 Å². The van der Waals surface area contributed by atoms with Crippen LogP contribution in [0.2, 0.25) is 0 Å². The first kappa shape index (κ1) is 15.9.